The maximum absolute atomic E-state index is 5.51. The highest BCUT2D eigenvalue weighted by molar-refractivity contribution is 8.93. The Hall–Kier alpha value is -2.04. The van der Waals surface area contributed by atoms with Crippen molar-refractivity contribution in [3.63, 3.8) is 0 Å². The number of fused-ring (bicyclic) bond motifs is 2. The lowest BCUT2D eigenvalue weighted by atomic mass is 9.89. The molecule has 0 fully saturated rings. The normalized spacial score (nSPS) is 15.8. The Morgan fingerprint density at radius 2 is 1.65 bits per heavy atom. The van der Waals surface area contributed by atoms with Crippen molar-refractivity contribution in [3.8, 4) is 11.5 Å². The molecule has 4 rings (SSSR count). The summed E-state index contributed by atoms with van der Waals surface area (Å²) in [5.41, 5.74) is 4.01. The van der Waals surface area contributed by atoms with Gasteiger partial charge in [0.05, 0.1) is 14.2 Å². The van der Waals surface area contributed by atoms with Gasteiger partial charge in [-0.25, -0.2) is 0 Å². The molecule has 0 saturated heterocycles. The first-order valence-corrected chi connectivity index (χ1v) is 8.74. The second kappa shape index (κ2) is 8.11. The van der Waals surface area contributed by atoms with E-state index in [0.717, 1.165) is 30.9 Å². The summed E-state index contributed by atoms with van der Waals surface area (Å²) >= 11 is 0. The first-order valence-electron chi connectivity index (χ1n) is 8.74. The molecule has 0 bridgehead atoms. The summed E-state index contributed by atoms with van der Waals surface area (Å²) in [6.45, 7) is 0.987. The Morgan fingerprint density at radius 1 is 0.923 bits per heavy atom. The minimum absolute atomic E-state index is 0. The quantitative estimate of drug-likeness (QED) is 0.661. The number of hydrogen-bond acceptors (Lipinski definition) is 3. The second-order valence-electron chi connectivity index (χ2n) is 6.55. The van der Waals surface area contributed by atoms with Crippen LogP contribution in [0.3, 0.4) is 0 Å². The molecule has 4 heteroatoms. The highest BCUT2D eigenvalue weighted by Crippen LogP contribution is 2.36. The van der Waals surface area contributed by atoms with Crippen LogP contribution < -0.4 is 14.8 Å². The largest absolute Gasteiger partial charge is 0.493 e. The third-order valence-electron chi connectivity index (χ3n) is 5.06. The average Bonchev–Trinajstić information content (AvgIpc) is 2.67. The standard InChI is InChI=1S/C22H23NO2.BrH/c1-24-21-13-18-9-10-23-20(19(18)14-22(21)25-2)12-15-7-8-16-5-3-4-6-17(16)11-15;/h3-8,11,13-14,20,23H,9-10,12H2,1-2H3;1H/t20-;/m0./s1. The smallest absolute Gasteiger partial charge is 0.161 e. The van der Waals surface area contributed by atoms with Crippen LogP contribution in [0.5, 0.6) is 11.5 Å². The van der Waals surface area contributed by atoms with Gasteiger partial charge in [-0.05, 0) is 59.0 Å². The molecule has 0 radical (unpaired) electrons. The number of ether oxygens (including phenoxy) is 2. The first kappa shape index (κ1) is 18.7. The molecule has 0 saturated carbocycles. The van der Waals surface area contributed by atoms with Crippen molar-refractivity contribution in [1.29, 1.82) is 0 Å². The van der Waals surface area contributed by atoms with Crippen LogP contribution in [0, 0.1) is 0 Å². The third kappa shape index (κ3) is 3.57. The van der Waals surface area contributed by atoms with Crippen molar-refractivity contribution < 1.29 is 9.47 Å². The molecule has 0 aliphatic carbocycles. The van der Waals surface area contributed by atoms with Crippen LogP contribution >= 0.6 is 17.0 Å². The van der Waals surface area contributed by atoms with Crippen LogP contribution in [0.15, 0.2) is 54.6 Å². The molecule has 0 spiro atoms. The van der Waals surface area contributed by atoms with Gasteiger partial charge in [0.1, 0.15) is 0 Å². The summed E-state index contributed by atoms with van der Waals surface area (Å²) in [6.07, 6.45) is 1.98. The van der Waals surface area contributed by atoms with Crippen molar-refractivity contribution in [3.05, 3.63) is 71.3 Å². The summed E-state index contributed by atoms with van der Waals surface area (Å²) in [5, 5.41) is 6.25. The molecule has 26 heavy (non-hydrogen) atoms. The van der Waals surface area contributed by atoms with Gasteiger partial charge in [-0.1, -0.05) is 42.5 Å². The highest BCUT2D eigenvalue weighted by atomic mass is 79.9. The molecular formula is C22H24BrNO2. The molecule has 1 N–H and O–H groups in total. The number of halogens is 1. The van der Waals surface area contributed by atoms with E-state index in [1.54, 1.807) is 14.2 Å². The Balaban J connectivity index is 0.00000196. The summed E-state index contributed by atoms with van der Waals surface area (Å²) in [5.74, 6) is 1.61. The molecule has 0 amide bonds. The number of nitrogens with one attached hydrogen (secondary N) is 1. The van der Waals surface area contributed by atoms with Crippen LogP contribution in [0.2, 0.25) is 0 Å². The van der Waals surface area contributed by atoms with Gasteiger partial charge < -0.3 is 14.8 Å². The van der Waals surface area contributed by atoms with Crippen LogP contribution in [-0.2, 0) is 12.8 Å². The van der Waals surface area contributed by atoms with Gasteiger partial charge in [-0.3, -0.25) is 0 Å². The van der Waals surface area contributed by atoms with E-state index in [9.17, 15) is 0 Å². The molecule has 1 aliphatic heterocycles. The fourth-order valence-corrected chi connectivity index (χ4v) is 3.75. The van der Waals surface area contributed by atoms with Gasteiger partial charge >= 0.3 is 0 Å². The maximum Gasteiger partial charge on any atom is 0.161 e. The van der Waals surface area contributed by atoms with E-state index >= 15 is 0 Å². The van der Waals surface area contributed by atoms with Crippen LogP contribution in [0.4, 0.5) is 0 Å². The molecule has 136 valence electrons. The zero-order chi connectivity index (χ0) is 17.2. The third-order valence-corrected chi connectivity index (χ3v) is 5.06. The number of rotatable bonds is 4. The van der Waals surface area contributed by atoms with Crippen molar-refractivity contribution in [1.82, 2.24) is 5.32 Å². The van der Waals surface area contributed by atoms with Gasteiger partial charge in [0.2, 0.25) is 0 Å². The van der Waals surface area contributed by atoms with Gasteiger partial charge in [0.25, 0.3) is 0 Å². The number of hydrogen-bond donors (Lipinski definition) is 1. The van der Waals surface area contributed by atoms with E-state index in [-0.39, 0.29) is 17.0 Å². The Morgan fingerprint density at radius 3 is 2.42 bits per heavy atom. The lowest BCUT2D eigenvalue weighted by molar-refractivity contribution is 0.352. The molecule has 1 aliphatic rings. The van der Waals surface area contributed by atoms with E-state index in [4.69, 9.17) is 9.47 Å². The highest BCUT2D eigenvalue weighted by Gasteiger charge is 2.22. The fourth-order valence-electron chi connectivity index (χ4n) is 3.75. The predicted octanol–water partition coefficient (Wildman–Crippen LogP) is 4.86. The zero-order valence-electron chi connectivity index (χ0n) is 15.1. The summed E-state index contributed by atoms with van der Waals surface area (Å²) in [6, 6.07) is 19.8. The predicted molar refractivity (Wildman–Crippen MR) is 112 cm³/mol. The molecule has 3 aromatic rings. The zero-order valence-corrected chi connectivity index (χ0v) is 16.8. The second-order valence-corrected chi connectivity index (χ2v) is 6.55. The Kier molecular flexibility index (Phi) is 5.84. The summed E-state index contributed by atoms with van der Waals surface area (Å²) < 4.78 is 11.0. The molecule has 1 heterocycles. The molecule has 3 nitrogen and oxygen atoms in total. The lowest BCUT2D eigenvalue weighted by Gasteiger charge is -2.28. The van der Waals surface area contributed by atoms with E-state index in [1.807, 2.05) is 0 Å². The van der Waals surface area contributed by atoms with Gasteiger partial charge in [0.15, 0.2) is 11.5 Å². The molecule has 0 unspecified atom stereocenters. The molecule has 1 atom stereocenters. The minimum atomic E-state index is 0. The minimum Gasteiger partial charge on any atom is -0.493 e. The summed E-state index contributed by atoms with van der Waals surface area (Å²) in [4.78, 5) is 0. The molecule has 0 aromatic heterocycles. The van der Waals surface area contributed by atoms with Crippen molar-refractivity contribution >= 4 is 27.8 Å². The summed E-state index contributed by atoms with van der Waals surface area (Å²) in [7, 11) is 3.39. The van der Waals surface area contributed by atoms with E-state index in [1.165, 1.54) is 27.5 Å². The Labute approximate surface area is 165 Å². The van der Waals surface area contributed by atoms with E-state index in [2.05, 4.69) is 59.9 Å². The van der Waals surface area contributed by atoms with E-state index < -0.39 is 0 Å². The van der Waals surface area contributed by atoms with Crippen LogP contribution in [0.25, 0.3) is 10.8 Å². The lowest BCUT2D eigenvalue weighted by Crippen LogP contribution is -2.31. The molecule has 3 aromatic carbocycles. The number of methoxy groups -OCH3 is 2. The SMILES string of the molecule is Br.COc1cc2c(cc1OC)[C@H](Cc1ccc3ccccc3c1)NCC2. The van der Waals surface area contributed by atoms with Crippen LogP contribution in [-0.4, -0.2) is 20.8 Å². The van der Waals surface area contributed by atoms with Crippen molar-refractivity contribution in [2.24, 2.45) is 0 Å². The number of benzene rings is 3. The average molecular weight is 414 g/mol. The van der Waals surface area contributed by atoms with E-state index in [0.29, 0.717) is 6.04 Å². The fraction of sp³-hybridized carbons (Fsp3) is 0.273. The van der Waals surface area contributed by atoms with Crippen molar-refractivity contribution in [2.45, 2.75) is 18.9 Å². The van der Waals surface area contributed by atoms with Gasteiger partial charge in [-0.15, -0.1) is 17.0 Å². The van der Waals surface area contributed by atoms with Gasteiger partial charge in [-0.2, -0.15) is 0 Å². The first-order chi connectivity index (χ1) is 12.3. The maximum atomic E-state index is 5.51. The van der Waals surface area contributed by atoms with Crippen LogP contribution in [0.1, 0.15) is 22.7 Å². The van der Waals surface area contributed by atoms with Crippen molar-refractivity contribution in [2.75, 3.05) is 20.8 Å². The molecular weight excluding hydrogens is 390 g/mol. The van der Waals surface area contributed by atoms with Gasteiger partial charge in [0, 0.05) is 6.04 Å². The monoisotopic (exact) mass is 413 g/mol. The topological polar surface area (TPSA) is 30.5 Å². The Bertz CT molecular complexity index is 910.